The largest absolute Gasteiger partial charge is 0.573 e. The van der Waals surface area contributed by atoms with Gasteiger partial charge in [0.2, 0.25) is 8.32 Å². The number of carbonyl (C=O) groups is 2. The number of halogens is 3. The molecule has 4 aromatic rings. The van der Waals surface area contributed by atoms with Gasteiger partial charge in [0.1, 0.15) is 17.9 Å². The molecule has 4 rings (SSSR count). The lowest BCUT2D eigenvalue weighted by molar-refractivity contribution is -0.274. The lowest BCUT2D eigenvalue weighted by atomic mass is 10.1. The zero-order valence-electron chi connectivity index (χ0n) is 33.6. The highest BCUT2D eigenvalue weighted by Gasteiger charge is 2.31. The summed E-state index contributed by atoms with van der Waals surface area (Å²) in [4.78, 5) is 43.6. The number of nitrogens with one attached hydrogen (secondary N) is 3. The van der Waals surface area contributed by atoms with E-state index in [9.17, 15) is 27.6 Å². The van der Waals surface area contributed by atoms with Gasteiger partial charge in [0.25, 0.3) is 11.8 Å². The number of ether oxygens (including phenoxy) is 7. The maximum atomic E-state index is 12.8. The molecule has 2 amide bonds. The van der Waals surface area contributed by atoms with E-state index in [1.165, 1.54) is 30.6 Å². The number of nitrogens with zero attached hydrogens (tertiary/aromatic N) is 2. The van der Waals surface area contributed by atoms with Crippen molar-refractivity contribution in [2.24, 2.45) is 0 Å². The van der Waals surface area contributed by atoms with Gasteiger partial charge in [-0.2, -0.15) is 0 Å². The molecule has 19 heteroatoms. The lowest BCUT2D eigenvalue weighted by Crippen LogP contribution is -2.41. The zero-order chi connectivity index (χ0) is 43.1. The van der Waals surface area contributed by atoms with E-state index in [0.717, 1.165) is 5.19 Å². The van der Waals surface area contributed by atoms with Gasteiger partial charge in [0, 0.05) is 41.5 Å². The molecule has 1 aromatic heterocycles. The van der Waals surface area contributed by atoms with Crippen LogP contribution in [0.3, 0.4) is 0 Å². The minimum atomic E-state index is -4.77. The van der Waals surface area contributed by atoms with Gasteiger partial charge in [-0.15, -0.1) is 13.2 Å². The highest BCUT2D eigenvalue weighted by Crippen LogP contribution is 2.26. The van der Waals surface area contributed by atoms with Crippen LogP contribution in [0.1, 0.15) is 20.7 Å². The Morgan fingerprint density at radius 2 is 1.13 bits per heavy atom. The number of amides is 2. The van der Waals surface area contributed by atoms with Crippen molar-refractivity contribution in [2.45, 2.75) is 19.5 Å². The van der Waals surface area contributed by atoms with Gasteiger partial charge < -0.3 is 53.9 Å². The van der Waals surface area contributed by atoms with E-state index in [0.29, 0.717) is 126 Å². The van der Waals surface area contributed by atoms with Gasteiger partial charge >= 0.3 is 6.36 Å². The average Bonchev–Trinajstić information content (AvgIpc) is 3.22. The number of aromatic nitrogens is 2. The van der Waals surface area contributed by atoms with Crippen molar-refractivity contribution < 1.29 is 60.7 Å². The van der Waals surface area contributed by atoms with Gasteiger partial charge in [0.05, 0.1) is 85.0 Å². The maximum absolute atomic E-state index is 12.8. The summed E-state index contributed by atoms with van der Waals surface area (Å²) in [5.41, 5.74) is 2.66. The molecule has 0 aliphatic rings. The first-order valence-electron chi connectivity index (χ1n) is 19.3. The molecular weight excluding hydrogens is 808 g/mol. The number of anilines is 2. The normalized spacial score (nSPS) is 11.6. The highest BCUT2D eigenvalue weighted by atomic mass is 28.4. The first kappa shape index (κ1) is 47.7. The fraction of sp³-hybridized carbons (Fsp3) is 0.415. The number of rotatable bonds is 28. The summed E-state index contributed by atoms with van der Waals surface area (Å²) in [7, 11) is -2.39. The van der Waals surface area contributed by atoms with Crippen LogP contribution < -0.4 is 25.9 Å². The monoisotopic (exact) mass is 859 g/mol. The Labute approximate surface area is 348 Å². The summed E-state index contributed by atoms with van der Waals surface area (Å²) in [5.74, 6) is -0.404. The van der Waals surface area contributed by atoms with Gasteiger partial charge in [-0.05, 0) is 66.8 Å². The third-order valence-corrected chi connectivity index (χ3v) is 9.97. The summed E-state index contributed by atoms with van der Waals surface area (Å²) >= 11 is 0. The zero-order valence-corrected chi connectivity index (χ0v) is 34.6. The molecule has 60 heavy (non-hydrogen) atoms. The van der Waals surface area contributed by atoms with E-state index in [-0.39, 0.29) is 17.6 Å². The standard InChI is InChI=1S/C41H52F3N5O10Si/c1-60(2,52)36-12-6-31(7-13-36)39(50)45-14-16-53-18-20-55-22-24-57-26-27-58-25-23-56-21-19-54-17-15-46-40(51)33-5-3-4-32(28-33)37-29-38(48-30-47-37)49-34-8-10-35(11-9-34)59-41(42,43)44/h3-13,28-30,52H,14-27H2,1-2H3,(H,45,50)(H,46,51)(H,47,48,49). The van der Waals surface area contributed by atoms with E-state index in [4.69, 9.17) is 28.4 Å². The molecule has 0 radical (unpaired) electrons. The number of hydrogen-bond acceptors (Lipinski definition) is 13. The van der Waals surface area contributed by atoms with Crippen molar-refractivity contribution in [3.8, 4) is 17.0 Å². The van der Waals surface area contributed by atoms with Crippen LogP contribution in [0.2, 0.25) is 13.1 Å². The van der Waals surface area contributed by atoms with Crippen molar-refractivity contribution in [1.82, 2.24) is 20.6 Å². The lowest BCUT2D eigenvalue weighted by Gasteiger charge is -2.14. The first-order valence-corrected chi connectivity index (χ1v) is 22.2. The molecule has 1 heterocycles. The molecule has 0 aliphatic carbocycles. The molecule has 0 fully saturated rings. The second-order valence-electron chi connectivity index (χ2n) is 13.4. The summed E-state index contributed by atoms with van der Waals surface area (Å²) in [6.07, 6.45) is -3.43. The van der Waals surface area contributed by atoms with Crippen LogP contribution in [0.5, 0.6) is 5.75 Å². The third-order valence-electron chi connectivity index (χ3n) is 8.23. The Morgan fingerprint density at radius 1 is 0.633 bits per heavy atom. The molecule has 3 aromatic carbocycles. The van der Waals surface area contributed by atoms with E-state index in [1.54, 1.807) is 54.6 Å². The van der Waals surface area contributed by atoms with Gasteiger partial charge in [-0.3, -0.25) is 9.59 Å². The Hall–Kier alpha value is -4.99. The first-order chi connectivity index (χ1) is 28.9. The Balaban J connectivity index is 0.929. The molecule has 0 unspecified atom stereocenters. The molecule has 0 saturated carbocycles. The minimum Gasteiger partial charge on any atom is -0.428 e. The van der Waals surface area contributed by atoms with Crippen molar-refractivity contribution in [3.05, 3.63) is 96.3 Å². The van der Waals surface area contributed by atoms with E-state index >= 15 is 0 Å². The summed E-state index contributed by atoms with van der Waals surface area (Å²) in [6.45, 7) is 9.04. The summed E-state index contributed by atoms with van der Waals surface area (Å²) in [6, 6.07) is 20.8. The number of alkyl halides is 3. The fourth-order valence-corrected chi connectivity index (χ4v) is 6.18. The second kappa shape index (κ2) is 25.6. The Kier molecular flexibility index (Phi) is 20.3. The van der Waals surface area contributed by atoms with Crippen LogP contribution in [0.15, 0.2) is 85.2 Å². The Morgan fingerprint density at radius 3 is 1.63 bits per heavy atom. The van der Waals surface area contributed by atoms with Gasteiger partial charge in [-0.25, -0.2) is 9.97 Å². The van der Waals surface area contributed by atoms with Crippen LogP contribution >= 0.6 is 0 Å². The van der Waals surface area contributed by atoms with E-state index in [1.807, 2.05) is 13.1 Å². The fourth-order valence-electron chi connectivity index (χ4n) is 5.20. The van der Waals surface area contributed by atoms with Crippen molar-refractivity contribution in [2.75, 3.05) is 97.7 Å². The summed E-state index contributed by atoms with van der Waals surface area (Å²) in [5, 5.41) is 9.51. The van der Waals surface area contributed by atoms with Crippen molar-refractivity contribution in [1.29, 1.82) is 0 Å². The molecule has 326 valence electrons. The molecule has 15 nitrogen and oxygen atoms in total. The van der Waals surface area contributed by atoms with Gasteiger partial charge in [0.15, 0.2) is 0 Å². The van der Waals surface area contributed by atoms with Crippen LogP contribution in [0, 0.1) is 0 Å². The molecule has 0 saturated heterocycles. The predicted molar refractivity (Wildman–Crippen MR) is 219 cm³/mol. The van der Waals surface area contributed by atoms with Crippen LogP contribution in [0.25, 0.3) is 11.3 Å². The molecular formula is C41H52F3N5O10Si. The molecule has 0 spiro atoms. The van der Waals surface area contributed by atoms with Crippen LogP contribution in [0.4, 0.5) is 24.7 Å². The highest BCUT2D eigenvalue weighted by molar-refractivity contribution is 6.83. The average molecular weight is 860 g/mol. The SMILES string of the molecule is C[Si](C)(O)c1ccc(C(=O)NCCOCCOCCOCCOCCOCCOCCNC(=O)c2cccc(-c3cc(Nc4ccc(OC(F)(F)F)cc4)ncn3)c2)cc1. The number of carbonyl (C=O) groups excluding carboxylic acids is 2. The minimum absolute atomic E-state index is 0.189. The quantitative estimate of drug-likeness (QED) is 0.0466. The predicted octanol–water partition coefficient (Wildman–Crippen LogP) is 4.45. The second-order valence-corrected chi connectivity index (χ2v) is 17.1. The molecule has 0 aliphatic heterocycles. The molecule has 0 bridgehead atoms. The van der Waals surface area contributed by atoms with Crippen LogP contribution in [-0.4, -0.2) is 134 Å². The number of hydrogen-bond donors (Lipinski definition) is 4. The summed E-state index contributed by atoms with van der Waals surface area (Å²) < 4.78 is 74.2. The van der Waals surface area contributed by atoms with Crippen molar-refractivity contribution in [3.63, 3.8) is 0 Å². The smallest absolute Gasteiger partial charge is 0.428 e. The van der Waals surface area contributed by atoms with Crippen molar-refractivity contribution >= 4 is 36.8 Å². The molecule has 4 N–H and O–H groups in total. The van der Waals surface area contributed by atoms with E-state index < -0.39 is 14.7 Å². The third kappa shape index (κ3) is 18.9. The topological polar surface area (TPSA) is 181 Å². The number of benzene rings is 3. The molecule has 0 atom stereocenters. The van der Waals surface area contributed by atoms with Gasteiger partial charge in [-0.1, -0.05) is 24.3 Å². The maximum Gasteiger partial charge on any atom is 0.573 e. The Bertz CT molecular complexity index is 1870. The van der Waals surface area contributed by atoms with E-state index in [2.05, 4.69) is 30.7 Å². The van der Waals surface area contributed by atoms with Crippen LogP contribution in [-0.2, 0) is 28.4 Å².